The van der Waals surface area contributed by atoms with Crippen molar-refractivity contribution in [1.29, 1.82) is 0 Å². The molecular weight excluding hydrogens is 450 g/mol. The summed E-state index contributed by atoms with van der Waals surface area (Å²) < 4.78 is 31.6. The van der Waals surface area contributed by atoms with Gasteiger partial charge < -0.3 is 10.1 Å². The van der Waals surface area contributed by atoms with Crippen LogP contribution in [0.25, 0.3) is 0 Å². The second-order valence-corrected chi connectivity index (χ2v) is 9.63. The molecule has 0 bridgehead atoms. The molecule has 0 spiro atoms. The number of unbranched alkanes of at least 4 members (excludes halogenated alkanes) is 1. The number of ether oxygens (including phenoxy) is 1. The van der Waals surface area contributed by atoms with Gasteiger partial charge in [-0.25, -0.2) is 8.42 Å². The molecule has 1 heterocycles. The predicted octanol–water partition coefficient (Wildman–Crippen LogP) is 4.31. The third-order valence-corrected chi connectivity index (χ3v) is 7.24. The van der Waals surface area contributed by atoms with E-state index in [9.17, 15) is 18.0 Å². The maximum Gasteiger partial charge on any atom is 0.251 e. The minimum atomic E-state index is -3.88. The zero-order valence-corrected chi connectivity index (χ0v) is 18.6. The molecule has 4 rings (SSSR count). The molecule has 32 heavy (non-hydrogen) atoms. The van der Waals surface area contributed by atoms with E-state index in [1.165, 1.54) is 30.3 Å². The predicted molar refractivity (Wildman–Crippen MR) is 120 cm³/mol. The Morgan fingerprint density at radius 3 is 2.41 bits per heavy atom. The lowest BCUT2D eigenvalue weighted by molar-refractivity contribution is 0.0950. The zero-order chi connectivity index (χ0) is 22.7. The third-order valence-electron chi connectivity index (χ3n) is 5.14. The zero-order valence-electron chi connectivity index (χ0n) is 17.0. The van der Waals surface area contributed by atoms with Crippen molar-refractivity contribution in [2.24, 2.45) is 0 Å². The molecule has 0 aromatic heterocycles. The lowest BCUT2D eigenvalue weighted by Gasteiger charge is -2.19. The number of benzene rings is 3. The number of hydrogen-bond donors (Lipinski definition) is 1. The largest absolute Gasteiger partial charge is 0.494 e. The Morgan fingerprint density at radius 2 is 1.62 bits per heavy atom. The van der Waals surface area contributed by atoms with Crippen LogP contribution in [0.1, 0.15) is 39.1 Å². The Hall–Kier alpha value is -3.16. The molecule has 0 radical (unpaired) electrons. The summed E-state index contributed by atoms with van der Waals surface area (Å²) in [5, 5.41) is 3.42. The van der Waals surface area contributed by atoms with Crippen LogP contribution in [0.5, 0.6) is 5.75 Å². The summed E-state index contributed by atoms with van der Waals surface area (Å²) in [6, 6.07) is 17.3. The fourth-order valence-electron chi connectivity index (χ4n) is 3.48. The van der Waals surface area contributed by atoms with Gasteiger partial charge in [0, 0.05) is 28.3 Å². The average Bonchev–Trinajstić information content (AvgIpc) is 2.80. The molecule has 0 aliphatic carbocycles. The second-order valence-electron chi connectivity index (χ2n) is 7.31. The van der Waals surface area contributed by atoms with E-state index in [1.54, 1.807) is 36.4 Å². The number of amides is 1. The number of carbonyl (C=O) groups is 2. The first-order chi connectivity index (χ1) is 15.4. The number of hydrogen-bond acceptors (Lipinski definition) is 5. The van der Waals surface area contributed by atoms with Gasteiger partial charge in [0.05, 0.1) is 16.4 Å². The van der Waals surface area contributed by atoms with Crippen molar-refractivity contribution in [3.05, 3.63) is 88.4 Å². The van der Waals surface area contributed by atoms with E-state index in [0.717, 1.165) is 12.2 Å². The Labute approximate surface area is 191 Å². The van der Waals surface area contributed by atoms with Crippen LogP contribution in [0.15, 0.2) is 76.5 Å². The summed E-state index contributed by atoms with van der Waals surface area (Å²) in [5.41, 5.74) is 0.425. The Bertz CT molecular complexity index is 1290. The highest BCUT2D eigenvalue weighted by Crippen LogP contribution is 2.34. The van der Waals surface area contributed by atoms with Crippen molar-refractivity contribution in [2.45, 2.75) is 22.6 Å². The monoisotopic (exact) mass is 469 g/mol. The summed E-state index contributed by atoms with van der Waals surface area (Å²) in [4.78, 5) is 25.0. The van der Waals surface area contributed by atoms with Crippen LogP contribution < -0.4 is 10.1 Å². The van der Waals surface area contributed by atoms with Crippen LogP contribution in [0, 0.1) is 0 Å². The van der Waals surface area contributed by atoms with Crippen molar-refractivity contribution in [3.8, 4) is 5.75 Å². The quantitative estimate of drug-likeness (QED) is 0.407. The number of ketones is 1. The van der Waals surface area contributed by atoms with Crippen molar-refractivity contribution >= 4 is 33.1 Å². The standard InChI is InChI=1S/C24H20ClNO5S/c25-17-8-10-18(11-9-17)31-14-4-3-13-26-24(28)16-7-12-20-22(15-16)32(29,30)21-6-2-1-5-19(21)23(20)27/h1-2,5-12,15H,3-4,13-14H2,(H,26,28). The summed E-state index contributed by atoms with van der Waals surface area (Å²) in [7, 11) is -3.88. The highest BCUT2D eigenvalue weighted by molar-refractivity contribution is 7.91. The summed E-state index contributed by atoms with van der Waals surface area (Å²) in [5.74, 6) is -0.0316. The van der Waals surface area contributed by atoms with Crippen LogP contribution in [0.2, 0.25) is 5.02 Å². The van der Waals surface area contributed by atoms with Gasteiger partial charge in [-0.3, -0.25) is 9.59 Å². The molecule has 3 aromatic carbocycles. The number of halogens is 1. The molecule has 3 aromatic rings. The first kappa shape index (κ1) is 22.0. The fourth-order valence-corrected chi connectivity index (χ4v) is 5.28. The molecular formula is C24H20ClNO5S. The lowest BCUT2D eigenvalue weighted by Crippen LogP contribution is -2.26. The van der Waals surface area contributed by atoms with Gasteiger partial charge >= 0.3 is 0 Å². The van der Waals surface area contributed by atoms with Crippen molar-refractivity contribution in [2.75, 3.05) is 13.2 Å². The molecule has 0 atom stereocenters. The molecule has 1 aliphatic rings. The van der Waals surface area contributed by atoms with Gasteiger partial charge in [0.15, 0.2) is 5.78 Å². The minimum Gasteiger partial charge on any atom is -0.494 e. The highest BCUT2D eigenvalue weighted by Gasteiger charge is 2.34. The van der Waals surface area contributed by atoms with Gasteiger partial charge in [-0.05, 0) is 67.4 Å². The number of fused-ring (bicyclic) bond motifs is 2. The topological polar surface area (TPSA) is 89.5 Å². The van der Waals surface area contributed by atoms with E-state index in [4.69, 9.17) is 16.3 Å². The van der Waals surface area contributed by atoms with Gasteiger partial charge in [-0.2, -0.15) is 0 Å². The van der Waals surface area contributed by atoms with E-state index in [2.05, 4.69) is 5.32 Å². The van der Waals surface area contributed by atoms with Crippen LogP contribution in [-0.4, -0.2) is 33.3 Å². The molecule has 1 aliphatic heterocycles. The molecule has 0 unspecified atom stereocenters. The van der Waals surface area contributed by atoms with E-state index in [0.29, 0.717) is 24.6 Å². The van der Waals surface area contributed by atoms with E-state index in [1.807, 2.05) is 0 Å². The van der Waals surface area contributed by atoms with Crippen molar-refractivity contribution in [3.63, 3.8) is 0 Å². The summed E-state index contributed by atoms with van der Waals surface area (Å²) in [6.45, 7) is 0.907. The van der Waals surface area contributed by atoms with E-state index < -0.39 is 15.7 Å². The normalized spacial score (nSPS) is 13.7. The highest BCUT2D eigenvalue weighted by atomic mass is 35.5. The minimum absolute atomic E-state index is 0.0317. The van der Waals surface area contributed by atoms with E-state index in [-0.39, 0.29) is 32.3 Å². The molecule has 6 nitrogen and oxygen atoms in total. The molecule has 0 fully saturated rings. The van der Waals surface area contributed by atoms with Gasteiger partial charge in [0.2, 0.25) is 9.84 Å². The van der Waals surface area contributed by atoms with Crippen molar-refractivity contribution in [1.82, 2.24) is 5.32 Å². The Balaban J connectivity index is 1.36. The van der Waals surface area contributed by atoms with Crippen molar-refractivity contribution < 1.29 is 22.7 Å². The SMILES string of the molecule is O=C(NCCCCOc1ccc(Cl)cc1)c1ccc2c(c1)S(=O)(=O)c1ccccc1C2=O. The molecule has 0 saturated carbocycles. The smallest absolute Gasteiger partial charge is 0.251 e. The first-order valence-corrected chi connectivity index (χ1v) is 11.9. The lowest BCUT2D eigenvalue weighted by atomic mass is 10.0. The van der Waals surface area contributed by atoms with Crippen LogP contribution in [-0.2, 0) is 9.84 Å². The number of sulfone groups is 1. The second kappa shape index (κ2) is 9.14. The van der Waals surface area contributed by atoms with Gasteiger partial charge in [-0.1, -0.05) is 23.7 Å². The van der Waals surface area contributed by atoms with Gasteiger partial charge in [0.1, 0.15) is 5.75 Å². The summed E-state index contributed by atoms with van der Waals surface area (Å²) in [6.07, 6.45) is 1.42. The van der Waals surface area contributed by atoms with Gasteiger partial charge in [0.25, 0.3) is 5.91 Å². The average molecular weight is 470 g/mol. The van der Waals surface area contributed by atoms with E-state index >= 15 is 0 Å². The number of rotatable bonds is 7. The van der Waals surface area contributed by atoms with Gasteiger partial charge in [-0.15, -0.1) is 0 Å². The molecule has 1 amide bonds. The van der Waals surface area contributed by atoms with Crippen LogP contribution in [0.4, 0.5) is 0 Å². The third kappa shape index (κ3) is 4.40. The Morgan fingerprint density at radius 1 is 0.906 bits per heavy atom. The Kier molecular flexibility index (Phi) is 6.30. The maximum absolute atomic E-state index is 13.0. The molecule has 1 N–H and O–H groups in total. The molecule has 0 saturated heterocycles. The fraction of sp³-hybridized carbons (Fsp3) is 0.167. The maximum atomic E-state index is 13.0. The number of nitrogens with one attached hydrogen (secondary N) is 1. The molecule has 164 valence electrons. The first-order valence-electron chi connectivity index (χ1n) is 10.1. The summed E-state index contributed by atoms with van der Waals surface area (Å²) >= 11 is 5.83. The number of carbonyl (C=O) groups excluding carboxylic acids is 2. The molecule has 8 heteroatoms. The van der Waals surface area contributed by atoms with Crippen LogP contribution >= 0.6 is 11.6 Å². The van der Waals surface area contributed by atoms with Crippen LogP contribution in [0.3, 0.4) is 0 Å².